The molecule has 0 aliphatic carbocycles. The van der Waals surface area contributed by atoms with Gasteiger partial charge in [0.1, 0.15) is 4.90 Å². The minimum atomic E-state index is -3.80. The van der Waals surface area contributed by atoms with Crippen LogP contribution >= 0.6 is 0 Å². The first-order valence-electron chi connectivity index (χ1n) is 7.73. The molecule has 3 aromatic heterocycles. The number of pyridine rings is 1. The molecule has 0 radical (unpaired) electrons. The predicted molar refractivity (Wildman–Crippen MR) is 95.4 cm³/mol. The lowest BCUT2D eigenvalue weighted by Gasteiger charge is -2.10. The summed E-state index contributed by atoms with van der Waals surface area (Å²) in [7, 11) is -2.04. The molecule has 0 atom stereocenters. The Morgan fingerprint density at radius 1 is 1.04 bits per heavy atom. The fourth-order valence-corrected chi connectivity index (χ4v) is 3.63. The van der Waals surface area contributed by atoms with Gasteiger partial charge >= 0.3 is 0 Å². The van der Waals surface area contributed by atoms with Crippen LogP contribution in [0.15, 0.2) is 53.8 Å². The molecule has 3 heterocycles. The molecule has 0 aliphatic rings. The van der Waals surface area contributed by atoms with Gasteiger partial charge in [-0.25, -0.2) is 13.4 Å². The lowest BCUT2D eigenvalue weighted by Crippen LogP contribution is -2.14. The molecule has 10 heteroatoms. The third-order valence-corrected chi connectivity index (χ3v) is 5.20. The maximum Gasteiger partial charge on any atom is 0.263 e. The molecule has 0 bridgehead atoms. The number of aromatic nitrogens is 6. The molecule has 132 valence electrons. The first-order chi connectivity index (χ1) is 12.4. The van der Waals surface area contributed by atoms with E-state index in [0.717, 1.165) is 11.1 Å². The maximum absolute atomic E-state index is 12.7. The van der Waals surface area contributed by atoms with Crippen molar-refractivity contribution in [2.24, 2.45) is 7.05 Å². The number of hydrogen-bond acceptors (Lipinski definition) is 6. The molecule has 1 aromatic carbocycles. The van der Waals surface area contributed by atoms with Gasteiger partial charge < -0.3 is 0 Å². The molecule has 0 saturated carbocycles. The molecule has 9 nitrogen and oxygen atoms in total. The third kappa shape index (κ3) is 2.80. The summed E-state index contributed by atoms with van der Waals surface area (Å²) in [6, 6.07) is 8.36. The summed E-state index contributed by atoms with van der Waals surface area (Å²) in [6.07, 6.45) is 4.56. The highest BCUT2D eigenvalue weighted by Crippen LogP contribution is 2.25. The number of nitrogens with one attached hydrogen (secondary N) is 1. The molecule has 0 amide bonds. The topological polar surface area (TPSA) is 108 Å². The van der Waals surface area contributed by atoms with Crippen molar-refractivity contribution in [2.45, 2.75) is 11.8 Å². The number of hydrogen-bond donors (Lipinski definition) is 1. The molecule has 26 heavy (non-hydrogen) atoms. The molecular weight excluding hydrogens is 354 g/mol. The van der Waals surface area contributed by atoms with Crippen LogP contribution in [0, 0.1) is 6.92 Å². The van der Waals surface area contributed by atoms with Crippen LogP contribution in [0.5, 0.6) is 0 Å². The second kappa shape index (κ2) is 5.92. The van der Waals surface area contributed by atoms with Crippen LogP contribution in [0.4, 0.5) is 5.69 Å². The van der Waals surface area contributed by atoms with Crippen LogP contribution in [0.25, 0.3) is 16.7 Å². The average molecular weight is 369 g/mol. The molecule has 0 spiro atoms. The van der Waals surface area contributed by atoms with Crippen molar-refractivity contribution in [2.75, 3.05) is 4.72 Å². The highest BCUT2D eigenvalue weighted by Gasteiger charge is 2.18. The zero-order valence-electron chi connectivity index (χ0n) is 14.0. The van der Waals surface area contributed by atoms with Crippen molar-refractivity contribution < 1.29 is 8.42 Å². The van der Waals surface area contributed by atoms with Gasteiger partial charge in [0.2, 0.25) is 0 Å². The molecule has 4 aromatic rings. The zero-order valence-corrected chi connectivity index (χ0v) is 14.8. The number of fused-ring (bicyclic) bond motifs is 1. The smallest absolute Gasteiger partial charge is 0.263 e. The largest absolute Gasteiger partial charge is 0.277 e. The van der Waals surface area contributed by atoms with E-state index >= 15 is 0 Å². The molecule has 0 unspecified atom stereocenters. The van der Waals surface area contributed by atoms with E-state index in [1.54, 1.807) is 42.3 Å². The van der Waals surface area contributed by atoms with Crippen molar-refractivity contribution in [3.63, 3.8) is 0 Å². The number of sulfonamides is 1. The zero-order chi connectivity index (χ0) is 18.3. The van der Waals surface area contributed by atoms with E-state index in [2.05, 4.69) is 25.0 Å². The Morgan fingerprint density at radius 3 is 2.58 bits per heavy atom. The van der Waals surface area contributed by atoms with Crippen LogP contribution in [-0.4, -0.2) is 38.2 Å². The fraction of sp³-hybridized carbons (Fsp3) is 0.125. The normalized spacial score (nSPS) is 11.8. The van der Waals surface area contributed by atoms with E-state index in [0.29, 0.717) is 17.0 Å². The second-order valence-electron chi connectivity index (χ2n) is 5.74. The first-order valence-corrected chi connectivity index (χ1v) is 9.21. The number of aryl methyl sites for hydroxylation is 2. The number of anilines is 1. The Hall–Kier alpha value is -3.27. The Balaban J connectivity index is 1.67. The third-order valence-electron chi connectivity index (χ3n) is 3.85. The molecule has 0 fully saturated rings. The molecular formula is C16H15N7O2S. The van der Waals surface area contributed by atoms with Gasteiger partial charge in [0.05, 0.1) is 29.3 Å². The van der Waals surface area contributed by atoms with Crippen LogP contribution in [0.2, 0.25) is 0 Å². The van der Waals surface area contributed by atoms with Gasteiger partial charge in [0, 0.05) is 18.6 Å². The Morgan fingerprint density at radius 2 is 1.88 bits per heavy atom. The predicted octanol–water partition coefficient (Wildman–Crippen LogP) is 1.66. The Labute approximate surface area is 149 Å². The molecule has 0 aliphatic heterocycles. The monoisotopic (exact) mass is 369 g/mol. The van der Waals surface area contributed by atoms with E-state index in [9.17, 15) is 8.42 Å². The van der Waals surface area contributed by atoms with Crippen LogP contribution in [-0.2, 0) is 17.1 Å². The van der Waals surface area contributed by atoms with E-state index < -0.39 is 10.0 Å². The van der Waals surface area contributed by atoms with E-state index in [1.165, 1.54) is 17.1 Å². The second-order valence-corrected chi connectivity index (χ2v) is 7.43. The average Bonchev–Trinajstić information content (AvgIpc) is 3.22. The van der Waals surface area contributed by atoms with Gasteiger partial charge in [0.25, 0.3) is 10.0 Å². The van der Waals surface area contributed by atoms with Crippen LogP contribution in [0.3, 0.4) is 0 Å². The van der Waals surface area contributed by atoms with Crippen molar-refractivity contribution in [3.8, 4) is 5.82 Å². The summed E-state index contributed by atoms with van der Waals surface area (Å²) in [5.41, 5.74) is 1.90. The van der Waals surface area contributed by atoms with Crippen LogP contribution < -0.4 is 4.72 Å². The summed E-state index contributed by atoms with van der Waals surface area (Å²) in [4.78, 5) is 5.53. The summed E-state index contributed by atoms with van der Waals surface area (Å²) in [6.45, 7) is 1.81. The van der Waals surface area contributed by atoms with Gasteiger partial charge in [-0.2, -0.15) is 15.3 Å². The maximum atomic E-state index is 12.7. The summed E-state index contributed by atoms with van der Waals surface area (Å²) < 4.78 is 29.6. The minimum absolute atomic E-state index is 0.0456. The van der Waals surface area contributed by atoms with Gasteiger partial charge in [-0.15, -0.1) is 4.80 Å². The quantitative estimate of drug-likeness (QED) is 0.586. The lowest BCUT2D eigenvalue weighted by atomic mass is 10.2. The minimum Gasteiger partial charge on any atom is -0.277 e. The standard InChI is InChI=1S/C16H15N7O2S/c1-11-8-19-23(20-11)15-7-6-13(10-17-15)26(24,25)21-14-5-3-4-12-9-18-22(2)16(12)14/h3-10,21H,1-2H3. The van der Waals surface area contributed by atoms with Crippen molar-refractivity contribution in [1.82, 2.24) is 29.8 Å². The highest BCUT2D eigenvalue weighted by molar-refractivity contribution is 7.92. The van der Waals surface area contributed by atoms with Crippen molar-refractivity contribution in [3.05, 3.63) is 54.6 Å². The van der Waals surface area contributed by atoms with E-state index in [1.807, 2.05) is 13.0 Å². The Bertz CT molecular complexity index is 1190. The number of nitrogens with zero attached hydrogens (tertiary/aromatic N) is 6. The number of para-hydroxylation sites is 1. The van der Waals surface area contributed by atoms with Crippen LogP contribution in [0.1, 0.15) is 5.69 Å². The molecule has 1 N–H and O–H groups in total. The van der Waals surface area contributed by atoms with Crippen molar-refractivity contribution in [1.29, 1.82) is 0 Å². The van der Waals surface area contributed by atoms with Gasteiger partial charge in [0.15, 0.2) is 5.82 Å². The molecule has 0 saturated heterocycles. The van der Waals surface area contributed by atoms with E-state index in [-0.39, 0.29) is 4.90 Å². The van der Waals surface area contributed by atoms with Gasteiger partial charge in [-0.05, 0) is 25.1 Å². The lowest BCUT2D eigenvalue weighted by molar-refractivity contribution is 0.600. The molecule has 4 rings (SSSR count). The number of rotatable bonds is 4. The highest BCUT2D eigenvalue weighted by atomic mass is 32.2. The fourth-order valence-electron chi connectivity index (χ4n) is 2.62. The summed E-state index contributed by atoms with van der Waals surface area (Å²) >= 11 is 0. The SMILES string of the molecule is Cc1cnn(-c2ccc(S(=O)(=O)Nc3cccc4cnn(C)c34)cn2)n1. The van der Waals surface area contributed by atoms with E-state index in [4.69, 9.17) is 0 Å². The Kier molecular flexibility index (Phi) is 3.69. The first kappa shape index (κ1) is 16.2. The number of benzene rings is 1. The summed E-state index contributed by atoms with van der Waals surface area (Å²) in [5.74, 6) is 0.436. The van der Waals surface area contributed by atoms with Gasteiger partial charge in [-0.3, -0.25) is 9.40 Å². The van der Waals surface area contributed by atoms with Gasteiger partial charge in [-0.1, -0.05) is 12.1 Å². The van der Waals surface area contributed by atoms with Crippen molar-refractivity contribution >= 4 is 26.6 Å². The summed E-state index contributed by atoms with van der Waals surface area (Å²) in [5, 5.41) is 13.2.